The van der Waals surface area contributed by atoms with Crippen LogP contribution in [0, 0.1) is 0 Å². The van der Waals surface area contributed by atoms with Crippen molar-refractivity contribution in [3.63, 3.8) is 0 Å². The summed E-state index contributed by atoms with van der Waals surface area (Å²) in [6.45, 7) is 1.70. The molecule has 1 unspecified atom stereocenters. The number of nitrogens with one attached hydrogen (secondary N) is 1. The number of benzene rings is 1. The molecule has 1 aromatic carbocycles. The zero-order valence-corrected chi connectivity index (χ0v) is 11.5. The Hall–Kier alpha value is -1.39. The predicted molar refractivity (Wildman–Crippen MR) is 73.9 cm³/mol. The van der Waals surface area contributed by atoms with Crippen molar-refractivity contribution in [2.45, 2.75) is 44.3 Å². The number of ether oxygens (including phenoxy) is 1. The normalized spacial score (nSPS) is 18.5. The van der Waals surface area contributed by atoms with Crippen molar-refractivity contribution in [2.75, 3.05) is 12.4 Å². The molecule has 2 N–H and O–H groups in total. The first-order valence-electron chi connectivity index (χ1n) is 6.68. The molecule has 1 amide bonds. The summed E-state index contributed by atoms with van der Waals surface area (Å²) in [6, 6.07) is 7.28. The van der Waals surface area contributed by atoms with E-state index in [0.29, 0.717) is 12.1 Å². The maximum atomic E-state index is 12.0. The molecule has 1 aliphatic rings. The van der Waals surface area contributed by atoms with Gasteiger partial charge in [0, 0.05) is 12.8 Å². The summed E-state index contributed by atoms with van der Waals surface area (Å²) in [7, 11) is 1.67. The fourth-order valence-corrected chi connectivity index (χ4v) is 2.40. The molecule has 0 spiro atoms. The molecular weight excluding hydrogens is 242 g/mol. The van der Waals surface area contributed by atoms with E-state index in [9.17, 15) is 9.90 Å². The van der Waals surface area contributed by atoms with E-state index >= 15 is 0 Å². The molecule has 1 saturated carbocycles. The number of rotatable bonds is 5. The topological polar surface area (TPSA) is 58.6 Å². The molecule has 2 rings (SSSR count). The van der Waals surface area contributed by atoms with Crippen LogP contribution in [0.5, 0.6) is 0 Å². The zero-order valence-electron chi connectivity index (χ0n) is 11.5. The molecule has 0 saturated heterocycles. The summed E-state index contributed by atoms with van der Waals surface area (Å²) >= 11 is 0. The van der Waals surface area contributed by atoms with E-state index in [2.05, 4.69) is 5.32 Å². The summed E-state index contributed by atoms with van der Waals surface area (Å²) in [5, 5.41) is 12.4. The number of aliphatic hydroxyl groups excluding tert-OH is 1. The molecule has 0 bridgehead atoms. The van der Waals surface area contributed by atoms with Gasteiger partial charge >= 0.3 is 0 Å². The molecular formula is C15H21NO3. The summed E-state index contributed by atoms with van der Waals surface area (Å²) < 4.78 is 5.44. The van der Waals surface area contributed by atoms with Gasteiger partial charge in [-0.3, -0.25) is 4.79 Å². The third-order valence-electron chi connectivity index (χ3n) is 3.83. The Labute approximate surface area is 113 Å². The number of aliphatic hydroxyl groups is 1. The van der Waals surface area contributed by atoms with E-state index in [1.165, 1.54) is 0 Å². The highest BCUT2D eigenvalue weighted by Crippen LogP contribution is 2.38. The first-order valence-corrected chi connectivity index (χ1v) is 6.68. The number of anilines is 1. The van der Waals surface area contributed by atoms with Gasteiger partial charge in [-0.2, -0.15) is 0 Å². The minimum atomic E-state index is -0.534. The van der Waals surface area contributed by atoms with Crippen molar-refractivity contribution in [3.05, 3.63) is 29.8 Å². The second-order valence-corrected chi connectivity index (χ2v) is 5.27. The number of methoxy groups -OCH3 is 1. The maximum absolute atomic E-state index is 12.0. The van der Waals surface area contributed by atoms with Crippen LogP contribution in [0.25, 0.3) is 0 Å². The van der Waals surface area contributed by atoms with Crippen molar-refractivity contribution < 1.29 is 14.6 Å². The largest absolute Gasteiger partial charge is 0.389 e. The van der Waals surface area contributed by atoms with Gasteiger partial charge < -0.3 is 15.2 Å². The number of carbonyl (C=O) groups is 1. The van der Waals surface area contributed by atoms with E-state index in [1.54, 1.807) is 20.1 Å². The van der Waals surface area contributed by atoms with E-state index in [-0.39, 0.29) is 11.5 Å². The lowest BCUT2D eigenvalue weighted by Crippen LogP contribution is -2.42. The molecule has 1 fully saturated rings. The van der Waals surface area contributed by atoms with Crippen LogP contribution in [0.1, 0.15) is 44.3 Å². The smallest absolute Gasteiger partial charge is 0.227 e. The van der Waals surface area contributed by atoms with E-state index in [0.717, 1.165) is 24.8 Å². The van der Waals surface area contributed by atoms with Crippen LogP contribution < -0.4 is 5.32 Å². The van der Waals surface area contributed by atoms with Crippen LogP contribution in [-0.4, -0.2) is 23.7 Å². The standard InChI is InChI=1S/C15H21NO3/c1-11(17)12-5-3-6-13(9-12)16-14(18)10-15(19-2)7-4-8-15/h3,5-6,9,11,17H,4,7-8,10H2,1-2H3,(H,16,18). The van der Waals surface area contributed by atoms with Crippen molar-refractivity contribution in [3.8, 4) is 0 Å². The van der Waals surface area contributed by atoms with Crippen LogP contribution in [0.15, 0.2) is 24.3 Å². The molecule has 0 aromatic heterocycles. The Morgan fingerprint density at radius 3 is 2.79 bits per heavy atom. The van der Waals surface area contributed by atoms with Gasteiger partial charge in [0.1, 0.15) is 0 Å². The van der Waals surface area contributed by atoms with E-state index < -0.39 is 6.10 Å². The lowest BCUT2D eigenvalue weighted by Gasteiger charge is -2.39. The second-order valence-electron chi connectivity index (χ2n) is 5.27. The Bertz CT molecular complexity index is 447. The van der Waals surface area contributed by atoms with Crippen LogP contribution in [-0.2, 0) is 9.53 Å². The number of hydrogen-bond donors (Lipinski definition) is 2. The summed E-state index contributed by atoms with van der Waals surface area (Å²) in [4.78, 5) is 12.0. The SMILES string of the molecule is COC1(CC(=O)Nc2cccc(C(C)O)c2)CCC1. The lowest BCUT2D eigenvalue weighted by molar-refractivity contribution is -0.129. The molecule has 104 valence electrons. The van der Waals surface area contributed by atoms with Gasteiger partial charge in [0.2, 0.25) is 5.91 Å². The van der Waals surface area contributed by atoms with Crippen LogP contribution >= 0.6 is 0 Å². The van der Waals surface area contributed by atoms with Crippen LogP contribution in [0.3, 0.4) is 0 Å². The molecule has 0 radical (unpaired) electrons. The highest BCUT2D eigenvalue weighted by atomic mass is 16.5. The Morgan fingerprint density at radius 2 is 2.26 bits per heavy atom. The average Bonchev–Trinajstić information content (AvgIpc) is 2.34. The number of carbonyl (C=O) groups excluding carboxylic acids is 1. The number of hydrogen-bond acceptors (Lipinski definition) is 3. The molecule has 19 heavy (non-hydrogen) atoms. The van der Waals surface area contributed by atoms with Gasteiger partial charge in [0.15, 0.2) is 0 Å². The molecule has 1 aromatic rings. The van der Waals surface area contributed by atoms with E-state index in [4.69, 9.17) is 4.74 Å². The zero-order chi connectivity index (χ0) is 13.9. The monoisotopic (exact) mass is 263 g/mol. The molecule has 1 atom stereocenters. The lowest BCUT2D eigenvalue weighted by atomic mass is 9.77. The molecule has 4 nitrogen and oxygen atoms in total. The highest BCUT2D eigenvalue weighted by molar-refractivity contribution is 5.91. The Balaban J connectivity index is 1.97. The van der Waals surface area contributed by atoms with Gasteiger partial charge in [0.25, 0.3) is 0 Å². The molecule has 0 heterocycles. The first kappa shape index (κ1) is 14.0. The quantitative estimate of drug-likeness (QED) is 0.858. The minimum Gasteiger partial charge on any atom is -0.389 e. The third kappa shape index (κ3) is 3.33. The maximum Gasteiger partial charge on any atom is 0.227 e. The van der Waals surface area contributed by atoms with Gasteiger partial charge in [-0.1, -0.05) is 12.1 Å². The highest BCUT2D eigenvalue weighted by Gasteiger charge is 2.38. The fraction of sp³-hybridized carbons (Fsp3) is 0.533. The van der Waals surface area contributed by atoms with Crippen LogP contribution in [0.2, 0.25) is 0 Å². The van der Waals surface area contributed by atoms with Crippen LogP contribution in [0.4, 0.5) is 5.69 Å². The molecule has 4 heteroatoms. The average molecular weight is 263 g/mol. The number of amides is 1. The Morgan fingerprint density at radius 1 is 1.53 bits per heavy atom. The molecule has 1 aliphatic carbocycles. The fourth-order valence-electron chi connectivity index (χ4n) is 2.40. The third-order valence-corrected chi connectivity index (χ3v) is 3.83. The second kappa shape index (κ2) is 5.72. The summed E-state index contributed by atoms with van der Waals surface area (Å²) in [6.07, 6.45) is 2.88. The van der Waals surface area contributed by atoms with Gasteiger partial charge in [-0.25, -0.2) is 0 Å². The minimum absolute atomic E-state index is 0.0377. The van der Waals surface area contributed by atoms with E-state index in [1.807, 2.05) is 18.2 Å². The van der Waals surface area contributed by atoms with Crippen molar-refractivity contribution in [1.29, 1.82) is 0 Å². The van der Waals surface area contributed by atoms with Gasteiger partial charge in [-0.05, 0) is 43.9 Å². The Kier molecular flexibility index (Phi) is 4.22. The summed E-state index contributed by atoms with van der Waals surface area (Å²) in [5.41, 5.74) is 1.25. The van der Waals surface area contributed by atoms with Gasteiger partial charge in [-0.15, -0.1) is 0 Å². The summed E-state index contributed by atoms with van der Waals surface area (Å²) in [5.74, 6) is -0.0377. The van der Waals surface area contributed by atoms with Crippen molar-refractivity contribution >= 4 is 11.6 Å². The predicted octanol–water partition coefficient (Wildman–Crippen LogP) is 2.64. The van der Waals surface area contributed by atoms with Crippen molar-refractivity contribution in [1.82, 2.24) is 0 Å². The molecule has 0 aliphatic heterocycles. The first-order chi connectivity index (χ1) is 9.04. The van der Waals surface area contributed by atoms with Crippen molar-refractivity contribution in [2.24, 2.45) is 0 Å². The van der Waals surface area contributed by atoms with Gasteiger partial charge in [0.05, 0.1) is 18.1 Å².